The first kappa shape index (κ1) is 9.95. The van der Waals surface area contributed by atoms with Gasteiger partial charge in [0, 0.05) is 12.3 Å². The number of carbonyl (C=O) groups excluding carboxylic acids is 1. The van der Waals surface area contributed by atoms with Crippen LogP contribution in [0, 0.1) is 23.2 Å². The molecule has 3 unspecified atom stereocenters. The Morgan fingerprint density at radius 1 is 1.43 bits per heavy atom. The molecule has 0 amide bonds. The van der Waals surface area contributed by atoms with Crippen molar-refractivity contribution >= 4 is 5.78 Å². The van der Waals surface area contributed by atoms with Gasteiger partial charge in [0.1, 0.15) is 5.78 Å². The number of Topliss-reactive ketones (excluding diaryl/α,β-unsaturated/α-hetero) is 1. The fourth-order valence-electron chi connectivity index (χ4n) is 3.36. The zero-order valence-electron chi connectivity index (χ0n) is 9.42. The summed E-state index contributed by atoms with van der Waals surface area (Å²) in [5, 5.41) is 0. The monoisotopic (exact) mass is 192 g/mol. The van der Waals surface area contributed by atoms with Crippen LogP contribution in [0.3, 0.4) is 0 Å². The number of rotatable bonds is 3. The topological polar surface area (TPSA) is 17.1 Å². The average Bonchev–Trinajstić information content (AvgIpc) is 2.61. The van der Waals surface area contributed by atoms with Gasteiger partial charge in [-0.3, -0.25) is 4.79 Å². The first-order valence-electron chi connectivity index (χ1n) is 5.78. The number of carbonyl (C=O) groups is 1. The smallest absolute Gasteiger partial charge is 0.137 e. The van der Waals surface area contributed by atoms with Crippen molar-refractivity contribution in [2.75, 3.05) is 0 Å². The van der Waals surface area contributed by atoms with Crippen molar-refractivity contribution in [1.29, 1.82) is 0 Å². The lowest BCUT2D eigenvalue weighted by Crippen LogP contribution is -2.34. The van der Waals surface area contributed by atoms with Gasteiger partial charge in [-0.05, 0) is 30.1 Å². The van der Waals surface area contributed by atoms with E-state index in [0.717, 1.165) is 12.8 Å². The molecule has 0 aromatic carbocycles. The molecule has 0 saturated heterocycles. The van der Waals surface area contributed by atoms with Crippen LogP contribution >= 0.6 is 0 Å². The maximum absolute atomic E-state index is 12.0. The molecule has 1 saturated carbocycles. The number of ketones is 1. The van der Waals surface area contributed by atoms with Crippen molar-refractivity contribution in [2.24, 2.45) is 23.2 Å². The highest BCUT2D eigenvalue weighted by Gasteiger charge is 2.52. The summed E-state index contributed by atoms with van der Waals surface area (Å²) in [6.07, 6.45) is 7.57. The Kier molecular flexibility index (Phi) is 2.29. The highest BCUT2D eigenvalue weighted by molar-refractivity contribution is 5.83. The second kappa shape index (κ2) is 3.22. The first-order valence-corrected chi connectivity index (χ1v) is 5.78. The molecule has 78 valence electrons. The van der Waals surface area contributed by atoms with E-state index in [1.165, 1.54) is 6.42 Å². The van der Waals surface area contributed by atoms with E-state index in [1.54, 1.807) is 0 Å². The maximum Gasteiger partial charge on any atom is 0.137 e. The van der Waals surface area contributed by atoms with Crippen molar-refractivity contribution < 1.29 is 4.79 Å². The minimum atomic E-state index is 0.214. The lowest BCUT2D eigenvalue weighted by atomic mass is 9.69. The van der Waals surface area contributed by atoms with Gasteiger partial charge in [0.2, 0.25) is 0 Å². The van der Waals surface area contributed by atoms with Crippen molar-refractivity contribution in [1.82, 2.24) is 0 Å². The van der Waals surface area contributed by atoms with Gasteiger partial charge in [-0.2, -0.15) is 0 Å². The first-order chi connectivity index (χ1) is 6.57. The zero-order chi connectivity index (χ0) is 10.3. The average molecular weight is 192 g/mol. The normalized spacial score (nSPS) is 37.8. The van der Waals surface area contributed by atoms with E-state index in [9.17, 15) is 4.79 Å². The van der Waals surface area contributed by atoms with Crippen molar-refractivity contribution in [3.63, 3.8) is 0 Å². The molecule has 3 atom stereocenters. The molecule has 1 fully saturated rings. The standard InChI is InChI=1S/C13H20O/c1-4-5-11(14)12-9-6-7-10(8-9)13(12,2)3/h6-7,9-10,12H,4-5,8H2,1-3H3. The second-order valence-electron chi connectivity index (χ2n) is 5.41. The molecule has 2 aliphatic carbocycles. The molecule has 0 heterocycles. The third-order valence-corrected chi connectivity index (χ3v) is 4.15. The minimum absolute atomic E-state index is 0.214. The van der Waals surface area contributed by atoms with E-state index in [4.69, 9.17) is 0 Å². The molecule has 2 aliphatic rings. The van der Waals surface area contributed by atoms with Gasteiger partial charge < -0.3 is 0 Å². The van der Waals surface area contributed by atoms with Crippen LogP contribution in [-0.2, 0) is 4.79 Å². The van der Waals surface area contributed by atoms with Gasteiger partial charge >= 0.3 is 0 Å². The van der Waals surface area contributed by atoms with Gasteiger partial charge in [0.15, 0.2) is 0 Å². The Hall–Kier alpha value is -0.590. The molecule has 0 aliphatic heterocycles. The third-order valence-electron chi connectivity index (χ3n) is 4.15. The van der Waals surface area contributed by atoms with Gasteiger partial charge in [-0.25, -0.2) is 0 Å². The molecule has 1 nitrogen and oxygen atoms in total. The Balaban J connectivity index is 2.19. The SMILES string of the molecule is CCCC(=O)C1C2C=CC(C2)C1(C)C. The lowest BCUT2D eigenvalue weighted by Gasteiger charge is -2.34. The third kappa shape index (κ3) is 1.25. The molecule has 0 spiro atoms. The maximum atomic E-state index is 12.0. The van der Waals surface area contributed by atoms with Crippen LogP contribution < -0.4 is 0 Å². The lowest BCUT2D eigenvalue weighted by molar-refractivity contribution is -0.126. The molecule has 1 heteroatoms. The van der Waals surface area contributed by atoms with Gasteiger partial charge in [0.05, 0.1) is 0 Å². The molecule has 2 bridgehead atoms. The van der Waals surface area contributed by atoms with Gasteiger partial charge in [-0.1, -0.05) is 32.9 Å². The van der Waals surface area contributed by atoms with E-state index in [1.807, 2.05) is 0 Å². The summed E-state index contributed by atoms with van der Waals surface area (Å²) in [5.41, 5.74) is 0.214. The Morgan fingerprint density at radius 3 is 2.64 bits per heavy atom. The van der Waals surface area contributed by atoms with E-state index < -0.39 is 0 Å². The van der Waals surface area contributed by atoms with E-state index >= 15 is 0 Å². The zero-order valence-corrected chi connectivity index (χ0v) is 9.42. The Bertz CT molecular complexity index is 275. The summed E-state index contributed by atoms with van der Waals surface area (Å²) < 4.78 is 0. The molecule has 0 aromatic heterocycles. The number of hydrogen-bond acceptors (Lipinski definition) is 1. The molecular formula is C13H20O. The second-order valence-corrected chi connectivity index (χ2v) is 5.41. The molecule has 14 heavy (non-hydrogen) atoms. The van der Waals surface area contributed by atoms with E-state index in [-0.39, 0.29) is 5.41 Å². The number of fused-ring (bicyclic) bond motifs is 2. The summed E-state index contributed by atoms with van der Waals surface area (Å²) >= 11 is 0. The van der Waals surface area contributed by atoms with Crippen LogP contribution in [0.5, 0.6) is 0 Å². The van der Waals surface area contributed by atoms with Crippen LogP contribution in [0.1, 0.15) is 40.0 Å². The molecule has 0 N–H and O–H groups in total. The largest absolute Gasteiger partial charge is 0.299 e. The summed E-state index contributed by atoms with van der Waals surface area (Å²) in [5.74, 6) is 2.00. The highest BCUT2D eigenvalue weighted by atomic mass is 16.1. The van der Waals surface area contributed by atoms with Crippen molar-refractivity contribution in [2.45, 2.75) is 40.0 Å². The minimum Gasteiger partial charge on any atom is -0.299 e. The quantitative estimate of drug-likeness (QED) is 0.627. The van der Waals surface area contributed by atoms with Crippen LogP contribution in [0.15, 0.2) is 12.2 Å². The Labute approximate surface area is 86.6 Å². The van der Waals surface area contributed by atoms with Crippen LogP contribution in [-0.4, -0.2) is 5.78 Å². The van der Waals surface area contributed by atoms with Gasteiger partial charge in [-0.15, -0.1) is 0 Å². The van der Waals surface area contributed by atoms with E-state index in [2.05, 4.69) is 32.9 Å². The summed E-state index contributed by atoms with van der Waals surface area (Å²) in [6.45, 7) is 6.62. The predicted molar refractivity (Wildman–Crippen MR) is 57.9 cm³/mol. The Morgan fingerprint density at radius 2 is 2.14 bits per heavy atom. The van der Waals surface area contributed by atoms with Crippen LogP contribution in [0.2, 0.25) is 0 Å². The highest BCUT2D eigenvalue weighted by Crippen LogP contribution is 2.56. The predicted octanol–water partition coefficient (Wildman–Crippen LogP) is 3.20. The molecule has 2 rings (SSSR count). The molecule has 0 aromatic rings. The molecular weight excluding hydrogens is 172 g/mol. The van der Waals surface area contributed by atoms with E-state index in [0.29, 0.717) is 23.5 Å². The fraction of sp³-hybridized carbons (Fsp3) is 0.769. The molecule has 0 radical (unpaired) electrons. The van der Waals surface area contributed by atoms with Crippen molar-refractivity contribution in [3.8, 4) is 0 Å². The van der Waals surface area contributed by atoms with Crippen LogP contribution in [0.25, 0.3) is 0 Å². The summed E-state index contributed by atoms with van der Waals surface area (Å²) in [7, 11) is 0. The van der Waals surface area contributed by atoms with Crippen molar-refractivity contribution in [3.05, 3.63) is 12.2 Å². The van der Waals surface area contributed by atoms with Gasteiger partial charge in [0.25, 0.3) is 0 Å². The van der Waals surface area contributed by atoms with Crippen LogP contribution in [0.4, 0.5) is 0 Å². The number of hydrogen-bond donors (Lipinski definition) is 0. The summed E-state index contributed by atoms with van der Waals surface area (Å²) in [6, 6.07) is 0. The number of allylic oxidation sites excluding steroid dienone is 2. The fourth-order valence-corrected chi connectivity index (χ4v) is 3.36. The summed E-state index contributed by atoms with van der Waals surface area (Å²) in [4.78, 5) is 12.0.